The number of urea groups is 1. The Bertz CT molecular complexity index is 437. The van der Waals surface area contributed by atoms with Gasteiger partial charge in [0.2, 0.25) is 0 Å². The average molecular weight is 267 g/mol. The Morgan fingerprint density at radius 2 is 2.05 bits per heavy atom. The maximum absolute atomic E-state index is 12.2. The molecule has 0 aromatic heterocycles. The van der Waals surface area contributed by atoms with Crippen molar-refractivity contribution in [3.05, 3.63) is 0 Å². The first-order chi connectivity index (χ1) is 8.90. The Morgan fingerprint density at radius 1 is 1.47 bits per heavy atom. The van der Waals surface area contributed by atoms with E-state index < -0.39 is 36.1 Å². The van der Waals surface area contributed by atoms with E-state index in [4.69, 9.17) is 10.00 Å². The number of esters is 1. The van der Waals surface area contributed by atoms with Crippen molar-refractivity contribution >= 4 is 17.9 Å². The lowest BCUT2D eigenvalue weighted by molar-refractivity contribution is -0.149. The molecule has 3 amide bonds. The van der Waals surface area contributed by atoms with Gasteiger partial charge in [-0.3, -0.25) is 14.5 Å². The highest BCUT2D eigenvalue weighted by Gasteiger charge is 2.49. The summed E-state index contributed by atoms with van der Waals surface area (Å²) in [5.41, 5.74) is -0.932. The summed E-state index contributed by atoms with van der Waals surface area (Å²) in [6, 6.07) is 1.13. The van der Waals surface area contributed by atoms with Crippen molar-refractivity contribution < 1.29 is 19.1 Å². The van der Waals surface area contributed by atoms with Crippen molar-refractivity contribution in [1.29, 1.82) is 5.26 Å². The first-order valence-electron chi connectivity index (χ1n) is 6.13. The van der Waals surface area contributed by atoms with Crippen LogP contribution in [0.1, 0.15) is 33.6 Å². The topological polar surface area (TPSA) is 99.5 Å². The third-order valence-corrected chi connectivity index (χ3v) is 3.23. The molecule has 0 aliphatic carbocycles. The molecule has 7 heteroatoms. The van der Waals surface area contributed by atoms with Crippen molar-refractivity contribution in [3.63, 3.8) is 0 Å². The van der Waals surface area contributed by atoms with Gasteiger partial charge in [-0.25, -0.2) is 4.79 Å². The second kappa shape index (κ2) is 5.69. The van der Waals surface area contributed by atoms with Crippen LogP contribution in [0.2, 0.25) is 0 Å². The van der Waals surface area contributed by atoms with Gasteiger partial charge in [-0.15, -0.1) is 0 Å². The van der Waals surface area contributed by atoms with Crippen LogP contribution in [0.25, 0.3) is 0 Å². The Labute approximate surface area is 111 Å². The molecular formula is C12H17N3O4. The third kappa shape index (κ3) is 2.84. The molecule has 0 spiro atoms. The molecule has 0 saturated carbocycles. The number of carbonyl (C=O) groups is 3. The van der Waals surface area contributed by atoms with E-state index in [1.165, 1.54) is 6.92 Å². The monoisotopic (exact) mass is 267 g/mol. The number of hydrogen-bond donors (Lipinski definition) is 1. The fourth-order valence-electron chi connectivity index (χ4n) is 1.94. The minimum Gasteiger partial charge on any atom is -0.446 e. The summed E-state index contributed by atoms with van der Waals surface area (Å²) in [5, 5.41) is 11.1. The Hall–Kier alpha value is -2.10. The number of nitrogens with one attached hydrogen (secondary N) is 1. The van der Waals surface area contributed by atoms with E-state index >= 15 is 0 Å². The Balaban J connectivity index is 2.75. The average Bonchev–Trinajstić information content (AvgIpc) is 2.63. The zero-order chi connectivity index (χ0) is 14.6. The van der Waals surface area contributed by atoms with Gasteiger partial charge in [0.05, 0.1) is 0 Å². The number of nitrogens with zero attached hydrogens (tertiary/aromatic N) is 2. The van der Waals surface area contributed by atoms with E-state index in [1.807, 2.05) is 0 Å². The molecule has 1 N–H and O–H groups in total. The summed E-state index contributed by atoms with van der Waals surface area (Å²) >= 11 is 0. The van der Waals surface area contributed by atoms with Crippen molar-refractivity contribution in [2.75, 3.05) is 6.54 Å². The number of imide groups is 1. The van der Waals surface area contributed by atoms with Crippen molar-refractivity contribution in [1.82, 2.24) is 10.2 Å². The lowest BCUT2D eigenvalue weighted by Gasteiger charge is -2.22. The first kappa shape index (κ1) is 15.0. The first-order valence-corrected chi connectivity index (χ1v) is 6.13. The largest absolute Gasteiger partial charge is 0.446 e. The normalized spacial score (nSPS) is 18.7. The van der Waals surface area contributed by atoms with Crippen molar-refractivity contribution in [3.8, 4) is 6.07 Å². The number of carbonyl (C=O) groups excluding carboxylic acids is 3. The van der Waals surface area contributed by atoms with Crippen molar-refractivity contribution in [2.24, 2.45) is 0 Å². The van der Waals surface area contributed by atoms with E-state index in [1.54, 1.807) is 19.9 Å². The van der Waals surface area contributed by atoms with Gasteiger partial charge in [0.1, 0.15) is 18.2 Å². The molecule has 104 valence electrons. The fraction of sp³-hybridized carbons (Fsp3) is 0.667. The summed E-state index contributed by atoms with van der Waals surface area (Å²) in [4.78, 5) is 36.2. The van der Waals surface area contributed by atoms with Crippen LogP contribution in [-0.4, -0.2) is 41.0 Å². The van der Waals surface area contributed by atoms with Gasteiger partial charge < -0.3 is 10.1 Å². The molecule has 7 nitrogen and oxygen atoms in total. The molecule has 1 rings (SSSR count). The maximum Gasteiger partial charge on any atom is 0.327 e. The highest BCUT2D eigenvalue weighted by Crippen LogP contribution is 2.24. The van der Waals surface area contributed by atoms with Gasteiger partial charge in [-0.2, -0.15) is 5.26 Å². The minimum absolute atomic E-state index is 0.427. The predicted octanol–water partition coefficient (Wildman–Crippen LogP) is 0.552. The van der Waals surface area contributed by atoms with E-state index in [-0.39, 0.29) is 0 Å². The van der Waals surface area contributed by atoms with Gasteiger partial charge in [-0.1, -0.05) is 13.8 Å². The van der Waals surface area contributed by atoms with Crippen LogP contribution in [0.3, 0.4) is 0 Å². The zero-order valence-electron chi connectivity index (χ0n) is 11.2. The highest BCUT2D eigenvalue weighted by molar-refractivity contribution is 6.08. The lowest BCUT2D eigenvalue weighted by Crippen LogP contribution is -2.46. The number of rotatable bonds is 5. The van der Waals surface area contributed by atoms with Gasteiger partial charge >= 0.3 is 12.0 Å². The number of hydrogen-bond acceptors (Lipinski definition) is 5. The van der Waals surface area contributed by atoms with E-state index in [0.29, 0.717) is 12.8 Å². The molecular weight excluding hydrogens is 250 g/mol. The molecule has 1 saturated heterocycles. The SMILES string of the molecule is CCC1(CC)NC(=O)N(CC(=O)O[C@H](C)C#N)C1=O. The summed E-state index contributed by atoms with van der Waals surface area (Å²) in [6.07, 6.45) is -0.00186. The maximum atomic E-state index is 12.2. The standard InChI is InChI=1S/C12H17N3O4/c1-4-12(5-2)10(17)15(11(18)14-12)7-9(16)19-8(3)6-13/h8H,4-5,7H2,1-3H3,(H,14,18)/t8-/m1/s1. The van der Waals surface area contributed by atoms with Crippen LogP contribution in [-0.2, 0) is 14.3 Å². The molecule has 0 unspecified atom stereocenters. The van der Waals surface area contributed by atoms with E-state index in [9.17, 15) is 14.4 Å². The third-order valence-electron chi connectivity index (χ3n) is 3.23. The fourth-order valence-corrected chi connectivity index (χ4v) is 1.94. The molecule has 1 aliphatic heterocycles. The van der Waals surface area contributed by atoms with Gasteiger partial charge in [0.15, 0.2) is 6.10 Å². The molecule has 0 aromatic carbocycles. The van der Waals surface area contributed by atoms with Crippen LogP contribution in [0.15, 0.2) is 0 Å². The summed E-state index contributed by atoms with van der Waals surface area (Å²) in [7, 11) is 0. The van der Waals surface area contributed by atoms with E-state index in [2.05, 4.69) is 5.32 Å². The summed E-state index contributed by atoms with van der Waals surface area (Å²) in [5.74, 6) is -1.20. The zero-order valence-corrected chi connectivity index (χ0v) is 11.2. The smallest absolute Gasteiger partial charge is 0.327 e. The molecule has 1 aliphatic rings. The minimum atomic E-state index is -0.932. The van der Waals surface area contributed by atoms with Crippen LogP contribution in [0, 0.1) is 11.3 Å². The van der Waals surface area contributed by atoms with Crippen LogP contribution < -0.4 is 5.32 Å². The van der Waals surface area contributed by atoms with Crippen LogP contribution >= 0.6 is 0 Å². The van der Waals surface area contributed by atoms with Crippen LogP contribution in [0.4, 0.5) is 4.79 Å². The molecule has 0 radical (unpaired) electrons. The highest BCUT2D eigenvalue weighted by atomic mass is 16.5. The van der Waals surface area contributed by atoms with Crippen LogP contribution in [0.5, 0.6) is 0 Å². The van der Waals surface area contributed by atoms with E-state index in [0.717, 1.165) is 4.90 Å². The summed E-state index contributed by atoms with van der Waals surface area (Å²) in [6.45, 7) is 4.52. The molecule has 1 heterocycles. The second-order valence-corrected chi connectivity index (χ2v) is 4.37. The van der Waals surface area contributed by atoms with Gasteiger partial charge in [0.25, 0.3) is 5.91 Å². The molecule has 0 bridgehead atoms. The van der Waals surface area contributed by atoms with Gasteiger partial charge in [0, 0.05) is 0 Å². The number of ether oxygens (including phenoxy) is 1. The lowest BCUT2D eigenvalue weighted by atomic mass is 9.93. The number of amides is 3. The Kier molecular flexibility index (Phi) is 4.48. The molecule has 19 heavy (non-hydrogen) atoms. The summed E-state index contributed by atoms with van der Waals surface area (Å²) < 4.78 is 4.72. The molecule has 1 atom stereocenters. The van der Waals surface area contributed by atoms with Gasteiger partial charge in [-0.05, 0) is 19.8 Å². The molecule has 1 fully saturated rings. The Morgan fingerprint density at radius 3 is 2.47 bits per heavy atom. The predicted molar refractivity (Wildman–Crippen MR) is 64.7 cm³/mol. The number of nitriles is 1. The second-order valence-electron chi connectivity index (χ2n) is 4.37. The quantitative estimate of drug-likeness (QED) is 0.579. The molecule has 0 aromatic rings. The van der Waals surface area contributed by atoms with Crippen molar-refractivity contribution in [2.45, 2.75) is 45.3 Å².